The van der Waals surface area contributed by atoms with Crippen molar-refractivity contribution in [1.82, 2.24) is 0 Å². The fourth-order valence-corrected chi connectivity index (χ4v) is 3.74. The molecule has 0 amide bonds. The number of esters is 2. The number of rotatable bonds is 7. The minimum Gasteiger partial charge on any atom is -0.478 e. The zero-order valence-corrected chi connectivity index (χ0v) is 23.7. The van der Waals surface area contributed by atoms with Gasteiger partial charge in [0.2, 0.25) is 12.2 Å². The number of hydrogen-bond acceptors (Lipinski definition) is 8. The Labute approximate surface area is 251 Å². The fourth-order valence-electron chi connectivity index (χ4n) is 3.61. The molecular formula is C29H26Cl3NO8. The first kappa shape index (κ1) is 31.9. The lowest BCUT2D eigenvalue weighted by molar-refractivity contribution is -0.191. The maximum atomic E-state index is 12.5. The van der Waals surface area contributed by atoms with E-state index in [2.05, 4.69) is 0 Å². The van der Waals surface area contributed by atoms with E-state index in [4.69, 9.17) is 64.3 Å². The summed E-state index contributed by atoms with van der Waals surface area (Å²) in [5.41, 5.74) is 1.11. The van der Waals surface area contributed by atoms with Crippen LogP contribution in [0.3, 0.4) is 0 Å². The molecule has 0 aliphatic carbocycles. The van der Waals surface area contributed by atoms with E-state index < -0.39 is 46.1 Å². The van der Waals surface area contributed by atoms with E-state index in [-0.39, 0.29) is 19.4 Å². The van der Waals surface area contributed by atoms with E-state index in [9.17, 15) is 14.4 Å². The summed E-state index contributed by atoms with van der Waals surface area (Å²) in [6.07, 6.45) is -1.99. The van der Waals surface area contributed by atoms with Crippen LogP contribution in [-0.4, -0.2) is 57.8 Å². The molecule has 9 nitrogen and oxygen atoms in total. The van der Waals surface area contributed by atoms with Crippen LogP contribution in [0.5, 0.6) is 0 Å². The van der Waals surface area contributed by atoms with Gasteiger partial charge >= 0.3 is 17.9 Å². The molecule has 2 N–H and O–H groups in total. The van der Waals surface area contributed by atoms with Crippen molar-refractivity contribution in [3.8, 4) is 0 Å². The van der Waals surface area contributed by atoms with E-state index in [0.717, 1.165) is 0 Å². The monoisotopic (exact) mass is 621 g/mol. The molecule has 0 bridgehead atoms. The van der Waals surface area contributed by atoms with Gasteiger partial charge in [-0.3, -0.25) is 5.41 Å². The molecule has 3 unspecified atom stereocenters. The molecule has 0 spiro atoms. The summed E-state index contributed by atoms with van der Waals surface area (Å²) in [6, 6.07) is 25.3. The maximum Gasteiger partial charge on any atom is 0.338 e. The maximum absolute atomic E-state index is 12.5. The Morgan fingerprint density at radius 3 is 1.73 bits per heavy atom. The van der Waals surface area contributed by atoms with Crippen LogP contribution in [0.4, 0.5) is 0 Å². The minimum atomic E-state index is -2.08. The Bertz CT molecular complexity index is 1300. The van der Waals surface area contributed by atoms with Crippen LogP contribution in [0.25, 0.3) is 0 Å². The summed E-state index contributed by atoms with van der Waals surface area (Å²) in [5, 5.41) is 16.2. The standard InChI is InChI=1S/C22H20Cl3NO6.C7H6O2/c23-22(24,25)21(26)32-18-12-16(31-20(28)15-9-5-2-6-10-15)11-17(30-18)13-29-19(27)14-7-3-1-4-8-14;8-7(9)6-4-2-1-3-5-6/h1-10,16-18,26H,11-13H2;1-5H,(H,8,9). The predicted octanol–water partition coefficient (Wildman–Crippen LogP) is 6.32. The largest absolute Gasteiger partial charge is 0.478 e. The second-order valence-corrected chi connectivity index (χ2v) is 10.9. The first-order valence-corrected chi connectivity index (χ1v) is 13.4. The van der Waals surface area contributed by atoms with Crippen molar-refractivity contribution in [2.45, 2.75) is 35.1 Å². The van der Waals surface area contributed by atoms with Gasteiger partial charge in [0.05, 0.1) is 22.8 Å². The van der Waals surface area contributed by atoms with Gasteiger partial charge in [-0.2, -0.15) is 0 Å². The number of aromatic carboxylic acids is 1. The highest BCUT2D eigenvalue weighted by molar-refractivity contribution is 6.76. The van der Waals surface area contributed by atoms with Crippen molar-refractivity contribution in [3.05, 3.63) is 108 Å². The zero-order chi connectivity index (χ0) is 29.8. The smallest absolute Gasteiger partial charge is 0.338 e. The summed E-state index contributed by atoms with van der Waals surface area (Å²) >= 11 is 17.0. The van der Waals surface area contributed by atoms with Gasteiger partial charge in [0.25, 0.3) is 3.79 Å². The van der Waals surface area contributed by atoms with Crippen molar-refractivity contribution in [3.63, 3.8) is 0 Å². The third-order valence-electron chi connectivity index (χ3n) is 5.55. The molecule has 1 aliphatic heterocycles. The SMILES string of the molecule is N=C(OC1CC(OC(=O)c2ccccc2)CC(COC(=O)c2ccccc2)O1)C(Cl)(Cl)Cl.O=C(O)c1ccccc1. The number of halogens is 3. The van der Waals surface area contributed by atoms with Crippen molar-refractivity contribution in [1.29, 1.82) is 5.41 Å². The van der Waals surface area contributed by atoms with Crippen molar-refractivity contribution >= 4 is 58.6 Å². The highest BCUT2D eigenvalue weighted by Crippen LogP contribution is 2.31. The molecule has 12 heteroatoms. The van der Waals surface area contributed by atoms with E-state index in [1.807, 2.05) is 0 Å². The normalized spacial score (nSPS) is 18.2. The van der Waals surface area contributed by atoms with Crippen LogP contribution < -0.4 is 0 Å². The Morgan fingerprint density at radius 1 is 0.780 bits per heavy atom. The summed E-state index contributed by atoms with van der Waals surface area (Å²) < 4.78 is 19.9. The van der Waals surface area contributed by atoms with Gasteiger partial charge in [-0.05, 0) is 36.4 Å². The molecule has 1 fully saturated rings. The molecule has 3 aromatic rings. The van der Waals surface area contributed by atoms with E-state index >= 15 is 0 Å². The van der Waals surface area contributed by atoms with Gasteiger partial charge in [-0.15, -0.1) is 0 Å². The molecule has 0 radical (unpaired) electrons. The lowest BCUT2D eigenvalue weighted by atomic mass is 10.0. The second-order valence-electron chi connectivity index (χ2n) is 8.63. The molecular weight excluding hydrogens is 597 g/mol. The molecule has 1 aliphatic rings. The number of hydrogen-bond donors (Lipinski definition) is 2. The molecule has 3 aromatic carbocycles. The number of alkyl halides is 3. The van der Waals surface area contributed by atoms with Gasteiger partial charge in [0, 0.05) is 12.8 Å². The fraction of sp³-hybridized carbons (Fsp3) is 0.241. The lowest BCUT2D eigenvalue weighted by Crippen LogP contribution is -2.43. The van der Waals surface area contributed by atoms with E-state index in [1.54, 1.807) is 91.0 Å². The number of benzene rings is 3. The third-order valence-corrected chi connectivity index (χ3v) is 6.06. The molecule has 1 saturated heterocycles. The third kappa shape index (κ3) is 10.7. The highest BCUT2D eigenvalue weighted by atomic mass is 35.6. The molecule has 1 heterocycles. The van der Waals surface area contributed by atoms with Crippen molar-refractivity contribution in [2.24, 2.45) is 0 Å². The average molecular weight is 623 g/mol. The number of carbonyl (C=O) groups excluding carboxylic acids is 2. The van der Waals surface area contributed by atoms with Gasteiger partial charge in [0.1, 0.15) is 12.7 Å². The van der Waals surface area contributed by atoms with Crippen molar-refractivity contribution in [2.75, 3.05) is 6.61 Å². The molecule has 3 atom stereocenters. The van der Waals surface area contributed by atoms with Crippen LogP contribution in [-0.2, 0) is 18.9 Å². The van der Waals surface area contributed by atoms with Crippen LogP contribution in [0.2, 0.25) is 0 Å². The van der Waals surface area contributed by atoms with Crippen LogP contribution in [0.1, 0.15) is 43.9 Å². The van der Waals surface area contributed by atoms with Gasteiger partial charge in [-0.25, -0.2) is 14.4 Å². The Kier molecular flexibility index (Phi) is 12.0. The highest BCUT2D eigenvalue weighted by Gasteiger charge is 2.38. The van der Waals surface area contributed by atoms with Crippen LogP contribution >= 0.6 is 34.8 Å². The molecule has 4 rings (SSSR count). The van der Waals surface area contributed by atoms with E-state index in [0.29, 0.717) is 16.7 Å². The number of ether oxygens (including phenoxy) is 4. The average Bonchev–Trinajstić information content (AvgIpc) is 2.97. The number of carboxylic acids is 1. The van der Waals surface area contributed by atoms with Crippen molar-refractivity contribution < 1.29 is 38.4 Å². The van der Waals surface area contributed by atoms with Gasteiger partial charge < -0.3 is 24.1 Å². The minimum absolute atomic E-state index is 0.102. The van der Waals surface area contributed by atoms with Crippen LogP contribution in [0, 0.1) is 5.41 Å². The first-order chi connectivity index (χ1) is 19.5. The quantitative estimate of drug-likeness (QED) is 0.135. The lowest BCUT2D eigenvalue weighted by Gasteiger charge is -2.35. The number of carbonyl (C=O) groups is 3. The van der Waals surface area contributed by atoms with E-state index in [1.165, 1.54) is 0 Å². The Balaban J connectivity index is 0.000000436. The zero-order valence-electron chi connectivity index (χ0n) is 21.5. The summed E-state index contributed by atoms with van der Waals surface area (Å²) in [5.74, 6) is -2.56. The van der Waals surface area contributed by atoms with Gasteiger partial charge in [-0.1, -0.05) is 89.4 Å². The predicted molar refractivity (Wildman–Crippen MR) is 153 cm³/mol. The molecule has 0 saturated carbocycles. The molecule has 0 aromatic heterocycles. The van der Waals surface area contributed by atoms with Crippen LogP contribution in [0.15, 0.2) is 91.0 Å². The Hall–Kier alpha value is -3.63. The summed E-state index contributed by atoms with van der Waals surface area (Å²) in [7, 11) is 0. The number of nitrogens with one attached hydrogen (secondary N) is 1. The van der Waals surface area contributed by atoms with Gasteiger partial charge in [0.15, 0.2) is 0 Å². The number of carboxylic acid groups (broad SMARTS) is 1. The second kappa shape index (κ2) is 15.4. The molecule has 41 heavy (non-hydrogen) atoms. The Morgan fingerprint density at radius 2 is 1.27 bits per heavy atom. The first-order valence-electron chi connectivity index (χ1n) is 12.3. The topological polar surface area (TPSA) is 132 Å². The summed E-state index contributed by atoms with van der Waals surface area (Å²) in [6.45, 7) is -0.117. The summed E-state index contributed by atoms with van der Waals surface area (Å²) in [4.78, 5) is 34.9. The molecule has 216 valence electrons.